The number of anilines is 1. The lowest BCUT2D eigenvalue weighted by atomic mass is 10.0. The number of aryl methyl sites for hydroxylation is 1. The summed E-state index contributed by atoms with van der Waals surface area (Å²) in [6.07, 6.45) is -1.65. The lowest BCUT2D eigenvalue weighted by Crippen LogP contribution is -2.40. The number of carbonyl (C=O) groups excluding carboxylic acids is 2. The monoisotopic (exact) mass is 439 g/mol. The minimum Gasteiger partial charge on any atom is -0.340 e. The van der Waals surface area contributed by atoms with Gasteiger partial charge in [0.1, 0.15) is 5.69 Å². The zero-order chi connectivity index (χ0) is 23.2. The van der Waals surface area contributed by atoms with Crippen LogP contribution in [0.2, 0.25) is 0 Å². The van der Waals surface area contributed by atoms with Gasteiger partial charge in [0.2, 0.25) is 5.91 Å². The Morgan fingerprint density at radius 3 is 2.52 bits per heavy atom. The van der Waals surface area contributed by atoms with Gasteiger partial charge in [-0.1, -0.05) is 31.2 Å². The minimum absolute atomic E-state index is 0.0259. The molecule has 10 heteroatoms. The first-order chi connectivity index (χ1) is 14.5. The number of hydrogen-bond donors (Lipinski definition) is 1. The van der Waals surface area contributed by atoms with E-state index in [1.165, 1.54) is 18.2 Å². The number of rotatable bonds is 9. The maximum Gasteiger partial charge on any atom is 0.471 e. The molecular weight excluding hydrogens is 411 g/mol. The highest BCUT2D eigenvalue weighted by molar-refractivity contribution is 5.95. The molecule has 1 heterocycles. The van der Waals surface area contributed by atoms with E-state index >= 15 is 0 Å². The van der Waals surface area contributed by atoms with Crippen LogP contribution in [0.5, 0.6) is 0 Å². The van der Waals surface area contributed by atoms with Crippen molar-refractivity contribution < 1.29 is 22.8 Å². The van der Waals surface area contributed by atoms with Crippen LogP contribution in [0.4, 0.5) is 18.9 Å². The summed E-state index contributed by atoms with van der Waals surface area (Å²) in [5, 5.41) is 9.94. The number of carbonyl (C=O) groups is 2. The zero-order valence-electron chi connectivity index (χ0n) is 18.1. The molecule has 0 aliphatic heterocycles. The molecule has 0 aliphatic carbocycles. The van der Waals surface area contributed by atoms with Crippen LogP contribution in [0.3, 0.4) is 0 Å². The Kier molecular flexibility index (Phi) is 8.18. The normalized spacial score (nSPS) is 12.6. The first-order valence-corrected chi connectivity index (χ1v) is 10.1. The third-order valence-electron chi connectivity index (χ3n) is 5.11. The van der Waals surface area contributed by atoms with Crippen LogP contribution in [0, 0.1) is 5.92 Å². The summed E-state index contributed by atoms with van der Waals surface area (Å²) in [5.74, 6) is -1.60. The fraction of sp³-hybridized carbons (Fsp3) is 0.524. The van der Waals surface area contributed by atoms with E-state index in [0.717, 1.165) is 12.8 Å². The maximum absolute atomic E-state index is 12.4. The first kappa shape index (κ1) is 24.4. The molecule has 31 heavy (non-hydrogen) atoms. The second kappa shape index (κ2) is 10.4. The van der Waals surface area contributed by atoms with Crippen LogP contribution < -0.4 is 5.32 Å². The summed E-state index contributed by atoms with van der Waals surface area (Å²) in [6, 6.07) is 6.16. The molecule has 7 nitrogen and oxygen atoms in total. The Morgan fingerprint density at radius 2 is 1.90 bits per heavy atom. The number of alkyl halides is 3. The van der Waals surface area contributed by atoms with Crippen LogP contribution in [-0.2, 0) is 16.1 Å². The number of nitrogens with one attached hydrogen (secondary N) is 1. The summed E-state index contributed by atoms with van der Waals surface area (Å²) in [7, 11) is 0. The third kappa shape index (κ3) is 7.08. The molecule has 1 N–H and O–H groups in total. The number of aromatic nitrogens is 3. The van der Waals surface area contributed by atoms with E-state index < -0.39 is 12.1 Å². The molecule has 0 saturated heterocycles. The van der Waals surface area contributed by atoms with Crippen molar-refractivity contribution in [3.8, 4) is 11.3 Å². The number of unbranched alkanes of at least 4 members (excludes halogenated alkanes) is 1. The summed E-state index contributed by atoms with van der Waals surface area (Å²) in [6.45, 7) is 9.05. The molecule has 0 bridgehead atoms. The molecule has 0 radical (unpaired) electrons. The predicted molar refractivity (Wildman–Crippen MR) is 111 cm³/mol. The molecule has 0 spiro atoms. The van der Waals surface area contributed by atoms with E-state index in [0.29, 0.717) is 30.3 Å². The minimum atomic E-state index is -4.95. The zero-order valence-corrected chi connectivity index (χ0v) is 18.1. The highest BCUT2D eigenvalue weighted by Crippen LogP contribution is 2.23. The number of nitrogens with zero attached hydrogens (tertiary/aromatic N) is 4. The van der Waals surface area contributed by atoms with E-state index in [1.54, 1.807) is 23.9 Å². The molecule has 0 saturated carbocycles. The topological polar surface area (TPSA) is 80.1 Å². The van der Waals surface area contributed by atoms with Crippen LogP contribution in [0.15, 0.2) is 30.5 Å². The number of amides is 2. The number of benzene rings is 1. The molecular formula is C21H28F3N5O2. The van der Waals surface area contributed by atoms with Gasteiger partial charge in [-0.05, 0) is 37.8 Å². The predicted octanol–water partition coefficient (Wildman–Crippen LogP) is 4.12. The molecule has 1 atom stereocenters. The number of hydrogen-bond acceptors (Lipinski definition) is 4. The van der Waals surface area contributed by atoms with Gasteiger partial charge in [0.05, 0.1) is 6.20 Å². The summed E-state index contributed by atoms with van der Waals surface area (Å²) in [5.41, 5.74) is 1.06. The first-order valence-electron chi connectivity index (χ1n) is 10.1. The largest absolute Gasteiger partial charge is 0.471 e. The van der Waals surface area contributed by atoms with Gasteiger partial charge >= 0.3 is 12.1 Å². The molecule has 170 valence electrons. The van der Waals surface area contributed by atoms with Gasteiger partial charge in [-0.15, -0.1) is 5.10 Å². The van der Waals surface area contributed by atoms with Crippen molar-refractivity contribution in [2.24, 2.45) is 5.92 Å². The summed E-state index contributed by atoms with van der Waals surface area (Å²) < 4.78 is 38.9. The molecule has 0 fully saturated rings. The standard InChI is InChI=1S/C21H28F3N5O2/c1-14(2)15(3)29(16(4)30)11-6-5-10-28-13-19(26-27-28)17-8-7-9-18(12-17)25-20(31)21(22,23)24/h7-9,12-15H,5-6,10-11H2,1-4H3,(H,25,31). The molecule has 1 aromatic heterocycles. The van der Waals surface area contributed by atoms with Gasteiger partial charge in [0.15, 0.2) is 0 Å². The SMILES string of the molecule is CC(=O)N(CCCCn1cc(-c2cccc(NC(=O)C(F)(F)F)c2)nn1)C(C)C(C)C. The van der Waals surface area contributed by atoms with Crippen molar-refractivity contribution in [3.63, 3.8) is 0 Å². The Hall–Kier alpha value is -2.91. The van der Waals surface area contributed by atoms with Crippen molar-refractivity contribution >= 4 is 17.5 Å². The van der Waals surface area contributed by atoms with E-state index in [1.807, 2.05) is 17.1 Å². The Balaban J connectivity index is 1.93. The van der Waals surface area contributed by atoms with Crippen LogP contribution >= 0.6 is 0 Å². The highest BCUT2D eigenvalue weighted by Gasteiger charge is 2.38. The molecule has 1 unspecified atom stereocenters. The van der Waals surface area contributed by atoms with Gasteiger partial charge < -0.3 is 10.2 Å². The van der Waals surface area contributed by atoms with E-state index in [-0.39, 0.29) is 17.6 Å². The van der Waals surface area contributed by atoms with Crippen LogP contribution in [-0.4, -0.2) is 50.5 Å². The van der Waals surface area contributed by atoms with Gasteiger partial charge in [-0.2, -0.15) is 13.2 Å². The molecule has 2 amide bonds. The van der Waals surface area contributed by atoms with Crippen LogP contribution in [0.25, 0.3) is 11.3 Å². The fourth-order valence-corrected chi connectivity index (χ4v) is 3.06. The van der Waals surface area contributed by atoms with Gasteiger partial charge in [-0.25, -0.2) is 0 Å². The second-order valence-electron chi connectivity index (χ2n) is 7.80. The summed E-state index contributed by atoms with van der Waals surface area (Å²) >= 11 is 0. The lowest BCUT2D eigenvalue weighted by molar-refractivity contribution is -0.167. The smallest absolute Gasteiger partial charge is 0.340 e. The Labute approximate surface area is 179 Å². The molecule has 2 rings (SSSR count). The maximum atomic E-state index is 12.4. The Bertz CT molecular complexity index is 895. The average Bonchev–Trinajstić information content (AvgIpc) is 3.15. The van der Waals surface area contributed by atoms with Crippen LogP contribution in [0.1, 0.15) is 40.5 Å². The Morgan fingerprint density at radius 1 is 1.19 bits per heavy atom. The molecule has 2 aromatic rings. The van der Waals surface area contributed by atoms with Gasteiger partial charge in [0, 0.05) is 37.3 Å². The van der Waals surface area contributed by atoms with E-state index in [4.69, 9.17) is 0 Å². The molecule has 1 aromatic carbocycles. The van der Waals surface area contributed by atoms with Crippen molar-refractivity contribution in [1.82, 2.24) is 19.9 Å². The number of halogens is 3. The lowest BCUT2D eigenvalue weighted by Gasteiger charge is -2.31. The van der Waals surface area contributed by atoms with Gasteiger partial charge in [-0.3, -0.25) is 14.3 Å². The quantitative estimate of drug-likeness (QED) is 0.596. The fourth-order valence-electron chi connectivity index (χ4n) is 3.06. The van der Waals surface area contributed by atoms with Gasteiger partial charge in [0.25, 0.3) is 0 Å². The van der Waals surface area contributed by atoms with Crippen molar-refractivity contribution in [3.05, 3.63) is 30.5 Å². The van der Waals surface area contributed by atoms with Crippen molar-refractivity contribution in [2.75, 3.05) is 11.9 Å². The van der Waals surface area contributed by atoms with Crippen molar-refractivity contribution in [2.45, 2.75) is 59.3 Å². The molecule has 0 aliphatic rings. The van der Waals surface area contributed by atoms with E-state index in [9.17, 15) is 22.8 Å². The van der Waals surface area contributed by atoms with Crippen molar-refractivity contribution in [1.29, 1.82) is 0 Å². The average molecular weight is 439 g/mol. The van der Waals surface area contributed by atoms with E-state index in [2.05, 4.69) is 24.2 Å². The second-order valence-corrected chi connectivity index (χ2v) is 7.80. The highest BCUT2D eigenvalue weighted by atomic mass is 19.4. The summed E-state index contributed by atoms with van der Waals surface area (Å²) in [4.78, 5) is 24.9. The third-order valence-corrected chi connectivity index (χ3v) is 5.11.